The highest BCUT2D eigenvalue weighted by Gasteiger charge is 2.32. The van der Waals surface area contributed by atoms with E-state index in [9.17, 15) is 4.79 Å². The average Bonchev–Trinajstić information content (AvgIpc) is 2.94. The Hall–Kier alpha value is -1.35. The second kappa shape index (κ2) is 4.94. The number of carbonyl (C=O) groups excluding carboxylic acids is 1. The molecule has 1 heterocycles. The molecule has 15 heavy (non-hydrogen) atoms. The fraction of sp³-hybridized carbons (Fsp3) is 0.417. The summed E-state index contributed by atoms with van der Waals surface area (Å²) in [6, 6.07) is 7.09. The Morgan fingerprint density at radius 3 is 2.27 bits per heavy atom. The largest absolute Gasteiger partial charge is 0.496 e. The number of aldehydes is 1. The number of benzene rings is 1. The lowest BCUT2D eigenvalue weighted by Gasteiger charge is -1.99. The van der Waals surface area contributed by atoms with Crippen LogP contribution in [0.25, 0.3) is 0 Å². The Morgan fingerprint density at radius 2 is 1.93 bits per heavy atom. The number of ether oxygens (including phenoxy) is 2. The lowest BCUT2D eigenvalue weighted by molar-refractivity contribution is 0.112. The molecule has 0 aromatic heterocycles. The molecule has 1 aromatic carbocycles. The molecule has 1 aromatic rings. The summed E-state index contributed by atoms with van der Waals surface area (Å²) in [5.41, 5.74) is 0.838. The van der Waals surface area contributed by atoms with Gasteiger partial charge in [-0.2, -0.15) is 0 Å². The summed E-state index contributed by atoms with van der Waals surface area (Å²) in [5.74, 6) is 0.623. The topological polar surface area (TPSA) is 38.8 Å². The molecule has 0 saturated carbocycles. The van der Waals surface area contributed by atoms with Crippen LogP contribution in [0.15, 0.2) is 24.3 Å². The van der Waals surface area contributed by atoms with Gasteiger partial charge in [0.25, 0.3) is 0 Å². The van der Waals surface area contributed by atoms with Crippen LogP contribution < -0.4 is 4.74 Å². The molecule has 1 saturated heterocycles. The third kappa shape index (κ3) is 4.13. The number of hydrogen-bond acceptors (Lipinski definition) is 3. The van der Waals surface area contributed by atoms with Crippen molar-refractivity contribution >= 4 is 6.29 Å². The van der Waals surface area contributed by atoms with Gasteiger partial charge in [-0.25, -0.2) is 0 Å². The number of carbonyl (C=O) groups is 1. The average molecular weight is 208 g/mol. The molecule has 0 radical (unpaired) electrons. The van der Waals surface area contributed by atoms with E-state index in [0.717, 1.165) is 12.9 Å². The normalized spacial score (nSPS) is 15.9. The summed E-state index contributed by atoms with van der Waals surface area (Å²) in [5, 5.41) is 0. The van der Waals surface area contributed by atoms with Crippen LogP contribution in [0.2, 0.25) is 0 Å². The van der Waals surface area contributed by atoms with Crippen LogP contribution in [-0.4, -0.2) is 25.6 Å². The molecule has 3 nitrogen and oxygen atoms in total. The van der Waals surface area contributed by atoms with E-state index in [-0.39, 0.29) is 5.60 Å². The van der Waals surface area contributed by atoms with E-state index in [1.807, 2.05) is 6.07 Å². The smallest absolute Gasteiger partial charge is 0.153 e. The van der Waals surface area contributed by atoms with Gasteiger partial charge < -0.3 is 9.47 Å². The SMILES string of the molecule is CC1(C)CO1.COc1ccccc1C=O. The molecule has 82 valence electrons. The Balaban J connectivity index is 0.000000187. The van der Waals surface area contributed by atoms with Gasteiger partial charge in [-0.1, -0.05) is 12.1 Å². The molecule has 3 heteroatoms. The molecule has 0 atom stereocenters. The minimum Gasteiger partial charge on any atom is -0.496 e. The van der Waals surface area contributed by atoms with E-state index in [0.29, 0.717) is 11.3 Å². The third-order valence-corrected chi connectivity index (χ3v) is 1.99. The van der Waals surface area contributed by atoms with Crippen molar-refractivity contribution in [2.24, 2.45) is 0 Å². The van der Waals surface area contributed by atoms with Gasteiger partial charge in [-0.3, -0.25) is 4.79 Å². The summed E-state index contributed by atoms with van der Waals surface area (Å²) < 4.78 is 9.80. The molecular weight excluding hydrogens is 192 g/mol. The highest BCUT2D eigenvalue weighted by atomic mass is 16.6. The van der Waals surface area contributed by atoms with Crippen LogP contribution in [0.5, 0.6) is 5.75 Å². The van der Waals surface area contributed by atoms with Gasteiger partial charge in [-0.05, 0) is 26.0 Å². The highest BCUT2D eigenvalue weighted by molar-refractivity contribution is 5.79. The van der Waals surface area contributed by atoms with Crippen LogP contribution >= 0.6 is 0 Å². The van der Waals surface area contributed by atoms with E-state index in [4.69, 9.17) is 9.47 Å². The summed E-state index contributed by atoms with van der Waals surface area (Å²) in [6.07, 6.45) is 0.777. The first kappa shape index (κ1) is 11.7. The highest BCUT2D eigenvalue weighted by Crippen LogP contribution is 2.23. The monoisotopic (exact) mass is 208 g/mol. The molecule has 1 fully saturated rings. The van der Waals surface area contributed by atoms with Crippen LogP contribution in [0.4, 0.5) is 0 Å². The molecular formula is C12H16O3. The zero-order chi connectivity index (χ0) is 11.3. The van der Waals surface area contributed by atoms with Crippen LogP contribution in [0, 0.1) is 0 Å². The summed E-state index contributed by atoms with van der Waals surface area (Å²) >= 11 is 0. The number of rotatable bonds is 2. The van der Waals surface area contributed by atoms with Crippen molar-refractivity contribution in [2.75, 3.05) is 13.7 Å². The summed E-state index contributed by atoms with van der Waals surface area (Å²) in [7, 11) is 1.54. The van der Waals surface area contributed by atoms with Gasteiger partial charge in [0.1, 0.15) is 5.75 Å². The van der Waals surface area contributed by atoms with Crippen molar-refractivity contribution in [3.63, 3.8) is 0 Å². The number of hydrogen-bond donors (Lipinski definition) is 0. The van der Waals surface area contributed by atoms with Crippen LogP contribution in [0.1, 0.15) is 24.2 Å². The zero-order valence-electron chi connectivity index (χ0n) is 9.32. The van der Waals surface area contributed by atoms with Gasteiger partial charge in [0.2, 0.25) is 0 Å². The van der Waals surface area contributed by atoms with Gasteiger partial charge in [-0.15, -0.1) is 0 Å². The van der Waals surface area contributed by atoms with Crippen LogP contribution in [0.3, 0.4) is 0 Å². The summed E-state index contributed by atoms with van der Waals surface area (Å²) in [4.78, 5) is 10.3. The maximum atomic E-state index is 10.3. The molecule has 1 aliphatic heterocycles. The van der Waals surface area contributed by atoms with Crippen molar-refractivity contribution in [3.8, 4) is 5.75 Å². The van der Waals surface area contributed by atoms with Gasteiger partial charge in [0.05, 0.1) is 24.9 Å². The number of para-hydroxylation sites is 1. The molecule has 2 rings (SSSR count). The minimum atomic E-state index is 0.250. The Bertz CT molecular complexity index is 325. The van der Waals surface area contributed by atoms with E-state index in [2.05, 4.69) is 13.8 Å². The lowest BCUT2D eigenvalue weighted by Crippen LogP contribution is -1.90. The van der Waals surface area contributed by atoms with Crippen molar-refractivity contribution in [3.05, 3.63) is 29.8 Å². The molecule has 0 N–H and O–H groups in total. The molecule has 0 spiro atoms. The standard InChI is InChI=1S/C8H8O2.C4H8O/c1-10-8-5-3-2-4-7(8)6-9;1-4(2)3-5-4/h2-6H,1H3;3H2,1-2H3. The molecule has 0 amide bonds. The zero-order valence-corrected chi connectivity index (χ0v) is 9.32. The molecule has 0 unspecified atom stereocenters. The number of epoxide rings is 1. The predicted octanol–water partition coefficient (Wildman–Crippen LogP) is 2.30. The maximum Gasteiger partial charge on any atom is 0.153 e. The Morgan fingerprint density at radius 1 is 1.40 bits per heavy atom. The molecule has 0 bridgehead atoms. The fourth-order valence-corrected chi connectivity index (χ4v) is 0.908. The van der Waals surface area contributed by atoms with Crippen LogP contribution in [-0.2, 0) is 4.74 Å². The predicted molar refractivity (Wildman–Crippen MR) is 58.4 cm³/mol. The first-order chi connectivity index (χ1) is 7.09. The lowest BCUT2D eigenvalue weighted by atomic mass is 10.2. The fourth-order valence-electron chi connectivity index (χ4n) is 0.908. The van der Waals surface area contributed by atoms with Gasteiger partial charge in [0, 0.05) is 0 Å². The minimum absolute atomic E-state index is 0.250. The second-order valence-corrected chi connectivity index (χ2v) is 3.91. The maximum absolute atomic E-state index is 10.3. The first-order valence-corrected chi connectivity index (χ1v) is 4.81. The molecule has 1 aliphatic rings. The quantitative estimate of drug-likeness (QED) is 0.553. The van der Waals surface area contributed by atoms with E-state index in [1.54, 1.807) is 25.3 Å². The van der Waals surface area contributed by atoms with Crippen molar-refractivity contribution in [1.82, 2.24) is 0 Å². The van der Waals surface area contributed by atoms with E-state index >= 15 is 0 Å². The van der Waals surface area contributed by atoms with Crippen molar-refractivity contribution in [1.29, 1.82) is 0 Å². The Kier molecular flexibility index (Phi) is 3.86. The van der Waals surface area contributed by atoms with Gasteiger partial charge in [0.15, 0.2) is 6.29 Å². The third-order valence-electron chi connectivity index (χ3n) is 1.99. The van der Waals surface area contributed by atoms with Crippen molar-refractivity contribution in [2.45, 2.75) is 19.4 Å². The van der Waals surface area contributed by atoms with E-state index < -0.39 is 0 Å². The summed E-state index contributed by atoms with van der Waals surface area (Å²) in [6.45, 7) is 5.10. The Labute approximate surface area is 90.0 Å². The first-order valence-electron chi connectivity index (χ1n) is 4.81. The second-order valence-electron chi connectivity index (χ2n) is 3.91. The van der Waals surface area contributed by atoms with Crippen molar-refractivity contribution < 1.29 is 14.3 Å². The van der Waals surface area contributed by atoms with E-state index in [1.165, 1.54) is 0 Å². The van der Waals surface area contributed by atoms with Gasteiger partial charge >= 0.3 is 0 Å². The molecule has 0 aliphatic carbocycles. The number of methoxy groups -OCH3 is 1.